The lowest BCUT2D eigenvalue weighted by Gasteiger charge is -2.27. The molecule has 1 saturated heterocycles. The SMILES string of the molecule is N#CCCN(CCC#N)CN1C(=O)CC2(CCCC2)C1=O. The van der Waals surface area contributed by atoms with E-state index < -0.39 is 5.41 Å². The molecular formula is C15H20N4O2. The van der Waals surface area contributed by atoms with Crippen LogP contribution in [0.1, 0.15) is 44.9 Å². The Labute approximate surface area is 124 Å². The molecule has 1 heterocycles. The Kier molecular flexibility index (Phi) is 4.93. The molecule has 2 amide bonds. The number of nitrogens with zero attached hydrogens (tertiary/aromatic N) is 4. The Balaban J connectivity index is 2.02. The molecule has 1 aliphatic carbocycles. The highest BCUT2D eigenvalue weighted by atomic mass is 16.2. The van der Waals surface area contributed by atoms with Crippen molar-refractivity contribution in [3.05, 3.63) is 0 Å². The molecule has 0 atom stereocenters. The van der Waals surface area contributed by atoms with Gasteiger partial charge in [-0.25, -0.2) is 0 Å². The molecule has 2 fully saturated rings. The van der Waals surface area contributed by atoms with Gasteiger partial charge < -0.3 is 0 Å². The summed E-state index contributed by atoms with van der Waals surface area (Å²) in [6.45, 7) is 1.16. The summed E-state index contributed by atoms with van der Waals surface area (Å²) in [4.78, 5) is 27.9. The van der Waals surface area contributed by atoms with Crippen LogP contribution in [0.5, 0.6) is 0 Å². The van der Waals surface area contributed by atoms with Crippen LogP contribution < -0.4 is 0 Å². The monoisotopic (exact) mass is 288 g/mol. The minimum atomic E-state index is -0.451. The molecule has 0 aromatic heterocycles. The Morgan fingerprint density at radius 1 is 1.10 bits per heavy atom. The van der Waals surface area contributed by atoms with Crippen LogP contribution in [0.15, 0.2) is 0 Å². The van der Waals surface area contributed by atoms with Crippen LogP contribution in [0.4, 0.5) is 0 Å². The van der Waals surface area contributed by atoms with Crippen molar-refractivity contribution in [2.24, 2.45) is 5.41 Å². The number of hydrogen-bond donors (Lipinski definition) is 0. The third kappa shape index (κ3) is 3.22. The number of carbonyl (C=O) groups is 2. The summed E-state index contributed by atoms with van der Waals surface area (Å²) >= 11 is 0. The van der Waals surface area contributed by atoms with Crippen molar-refractivity contribution >= 4 is 11.8 Å². The quantitative estimate of drug-likeness (QED) is 0.689. The molecule has 0 unspecified atom stereocenters. The normalized spacial score (nSPS) is 20.2. The van der Waals surface area contributed by atoms with Crippen LogP contribution >= 0.6 is 0 Å². The summed E-state index contributed by atoms with van der Waals surface area (Å²) in [6.07, 6.45) is 4.63. The third-order valence-electron chi connectivity index (χ3n) is 4.47. The van der Waals surface area contributed by atoms with Crippen molar-refractivity contribution in [2.45, 2.75) is 44.9 Å². The maximum Gasteiger partial charge on any atom is 0.237 e. The van der Waals surface area contributed by atoms with Crippen molar-refractivity contribution < 1.29 is 9.59 Å². The van der Waals surface area contributed by atoms with Crippen molar-refractivity contribution in [1.29, 1.82) is 10.5 Å². The predicted molar refractivity (Wildman–Crippen MR) is 74.3 cm³/mol. The Morgan fingerprint density at radius 2 is 1.67 bits per heavy atom. The zero-order valence-corrected chi connectivity index (χ0v) is 12.2. The number of nitriles is 2. The number of likely N-dealkylation sites (tertiary alicyclic amines) is 1. The standard InChI is InChI=1S/C15H20N4O2/c16-7-3-9-18(10-4-8-17)12-19-13(20)11-15(14(19)21)5-1-2-6-15/h1-6,9-12H2. The fraction of sp³-hybridized carbons (Fsp3) is 0.733. The lowest BCUT2D eigenvalue weighted by molar-refractivity contribution is -0.143. The van der Waals surface area contributed by atoms with Gasteiger partial charge in [0.15, 0.2) is 0 Å². The lowest BCUT2D eigenvalue weighted by Crippen LogP contribution is -2.43. The maximum atomic E-state index is 12.6. The van der Waals surface area contributed by atoms with E-state index in [1.54, 1.807) is 0 Å². The molecule has 6 nitrogen and oxygen atoms in total. The van der Waals surface area contributed by atoms with E-state index in [-0.39, 0.29) is 18.5 Å². The Hall–Kier alpha value is -1.92. The van der Waals surface area contributed by atoms with Crippen LogP contribution in [0, 0.1) is 28.1 Å². The first-order valence-corrected chi connectivity index (χ1v) is 7.44. The molecule has 21 heavy (non-hydrogen) atoms. The second-order valence-electron chi connectivity index (χ2n) is 5.87. The predicted octanol–water partition coefficient (Wildman–Crippen LogP) is 1.39. The third-order valence-corrected chi connectivity index (χ3v) is 4.47. The van der Waals surface area contributed by atoms with Gasteiger partial charge in [-0.2, -0.15) is 10.5 Å². The molecule has 0 bridgehead atoms. The number of carbonyl (C=O) groups excluding carboxylic acids is 2. The van der Waals surface area contributed by atoms with Gasteiger partial charge in [0.05, 0.1) is 24.2 Å². The van der Waals surface area contributed by atoms with Crippen LogP contribution in [-0.2, 0) is 9.59 Å². The number of hydrogen-bond acceptors (Lipinski definition) is 5. The average Bonchev–Trinajstić information content (AvgIpc) is 3.03. The molecule has 0 N–H and O–H groups in total. The fourth-order valence-electron chi connectivity index (χ4n) is 3.32. The van der Waals surface area contributed by atoms with E-state index in [9.17, 15) is 9.59 Å². The average molecular weight is 288 g/mol. The fourth-order valence-corrected chi connectivity index (χ4v) is 3.32. The molecule has 0 radical (unpaired) electrons. The minimum Gasteiger partial charge on any atom is -0.284 e. The Bertz CT molecular complexity index is 479. The van der Waals surface area contributed by atoms with Crippen LogP contribution in [0.3, 0.4) is 0 Å². The van der Waals surface area contributed by atoms with E-state index in [0.29, 0.717) is 32.4 Å². The van der Waals surface area contributed by atoms with Crippen molar-refractivity contribution in [3.8, 4) is 12.1 Å². The molecule has 2 aliphatic rings. The molecule has 6 heteroatoms. The first-order valence-electron chi connectivity index (χ1n) is 7.44. The first-order chi connectivity index (χ1) is 10.1. The summed E-state index contributed by atoms with van der Waals surface area (Å²) in [6, 6.07) is 4.12. The van der Waals surface area contributed by atoms with Crippen molar-refractivity contribution in [1.82, 2.24) is 9.80 Å². The van der Waals surface area contributed by atoms with Crippen LogP contribution in [0.2, 0.25) is 0 Å². The van der Waals surface area contributed by atoms with E-state index in [4.69, 9.17) is 10.5 Å². The van der Waals surface area contributed by atoms with Crippen LogP contribution in [0.25, 0.3) is 0 Å². The van der Waals surface area contributed by atoms with Gasteiger partial charge in [-0.1, -0.05) is 12.8 Å². The van der Waals surface area contributed by atoms with Gasteiger partial charge in [0.2, 0.25) is 11.8 Å². The minimum absolute atomic E-state index is 0.0519. The van der Waals surface area contributed by atoms with E-state index in [1.807, 2.05) is 4.90 Å². The molecular weight excluding hydrogens is 268 g/mol. The molecule has 1 saturated carbocycles. The zero-order chi connectivity index (χ0) is 15.3. The van der Waals surface area contributed by atoms with E-state index in [0.717, 1.165) is 25.7 Å². The van der Waals surface area contributed by atoms with Crippen molar-refractivity contribution in [3.63, 3.8) is 0 Å². The van der Waals surface area contributed by atoms with Crippen molar-refractivity contribution in [2.75, 3.05) is 19.8 Å². The van der Waals surface area contributed by atoms with Gasteiger partial charge in [0.25, 0.3) is 0 Å². The van der Waals surface area contributed by atoms with E-state index >= 15 is 0 Å². The second-order valence-corrected chi connectivity index (χ2v) is 5.87. The summed E-state index contributed by atoms with van der Waals surface area (Å²) < 4.78 is 0. The summed E-state index contributed by atoms with van der Waals surface area (Å²) in [7, 11) is 0. The number of amides is 2. The number of imide groups is 1. The van der Waals surface area contributed by atoms with Gasteiger partial charge in [0, 0.05) is 32.4 Å². The van der Waals surface area contributed by atoms with Gasteiger partial charge >= 0.3 is 0 Å². The highest BCUT2D eigenvalue weighted by Gasteiger charge is 2.52. The molecule has 2 rings (SSSR count). The van der Waals surface area contributed by atoms with Gasteiger partial charge in [-0.3, -0.25) is 19.4 Å². The smallest absolute Gasteiger partial charge is 0.237 e. The molecule has 112 valence electrons. The Morgan fingerprint density at radius 3 is 2.19 bits per heavy atom. The largest absolute Gasteiger partial charge is 0.284 e. The van der Waals surface area contributed by atoms with Gasteiger partial charge in [-0.05, 0) is 12.8 Å². The topological polar surface area (TPSA) is 88.2 Å². The molecule has 1 aliphatic heterocycles. The van der Waals surface area contributed by atoms with E-state index in [2.05, 4.69) is 12.1 Å². The van der Waals surface area contributed by atoms with E-state index in [1.165, 1.54) is 4.90 Å². The summed E-state index contributed by atoms with van der Waals surface area (Å²) in [5.41, 5.74) is -0.451. The summed E-state index contributed by atoms with van der Waals surface area (Å²) in [5.74, 6) is -0.162. The highest BCUT2D eigenvalue weighted by Crippen LogP contribution is 2.46. The zero-order valence-electron chi connectivity index (χ0n) is 12.2. The second kappa shape index (κ2) is 6.69. The van der Waals surface area contributed by atoms with Gasteiger partial charge in [0.1, 0.15) is 0 Å². The number of rotatable bonds is 6. The lowest BCUT2D eigenvalue weighted by atomic mass is 9.85. The summed E-state index contributed by atoms with van der Waals surface area (Å²) in [5, 5.41) is 17.4. The maximum absolute atomic E-state index is 12.6. The molecule has 1 spiro atoms. The highest BCUT2D eigenvalue weighted by molar-refractivity contribution is 6.06. The molecule has 0 aromatic carbocycles. The molecule has 0 aromatic rings. The first kappa shape index (κ1) is 15.5. The van der Waals surface area contributed by atoms with Crippen LogP contribution in [-0.4, -0.2) is 41.4 Å². The van der Waals surface area contributed by atoms with Gasteiger partial charge in [-0.15, -0.1) is 0 Å².